The first kappa shape index (κ1) is 21.8. The van der Waals surface area contributed by atoms with E-state index in [0.29, 0.717) is 26.4 Å². The topological polar surface area (TPSA) is 76.5 Å². The third-order valence-corrected chi connectivity index (χ3v) is 6.33. The Morgan fingerprint density at radius 1 is 1.33 bits per heavy atom. The van der Waals surface area contributed by atoms with Gasteiger partial charge in [0.15, 0.2) is 0 Å². The molecule has 3 aromatic heterocycles. The zero-order valence-electron chi connectivity index (χ0n) is 16.3. The number of nitrogens with one attached hydrogen (secondary N) is 1. The molecule has 154 valence electrons. The molecule has 0 unspecified atom stereocenters. The molecule has 0 aliphatic carbocycles. The molecule has 3 aromatic rings. The summed E-state index contributed by atoms with van der Waals surface area (Å²) in [6, 6.07) is 3.67. The van der Waals surface area contributed by atoms with E-state index in [0.717, 1.165) is 15.0 Å². The van der Waals surface area contributed by atoms with Crippen LogP contribution in [0.4, 0.5) is 0 Å². The lowest BCUT2D eigenvalue weighted by Gasteiger charge is -2.03. The summed E-state index contributed by atoms with van der Waals surface area (Å²) in [5, 5.41) is 2.28. The maximum atomic E-state index is 12.8. The molecule has 0 atom stereocenters. The van der Waals surface area contributed by atoms with Crippen molar-refractivity contribution in [1.29, 1.82) is 0 Å². The van der Waals surface area contributed by atoms with E-state index in [9.17, 15) is 9.59 Å². The standard InChI is InChI=1S/C21H18ClN3O3S2/c1-12-7-15(29-11-12)10-23-5-6-25-20(26)19-17(24-21(25)27)9-18(30-19)16(14(3)22)8-13(2)28-4/h5-11H,2-3H2,1,4H3,(H,24,27)/b6-5+,16-8+,23-10?. The van der Waals surface area contributed by atoms with Gasteiger partial charge in [0.25, 0.3) is 5.56 Å². The molecule has 0 saturated carbocycles. The first-order valence-corrected chi connectivity index (χ1v) is 10.7. The number of thiophene rings is 2. The summed E-state index contributed by atoms with van der Waals surface area (Å²) in [7, 11) is 1.49. The molecule has 0 bridgehead atoms. The van der Waals surface area contributed by atoms with Gasteiger partial charge in [-0.15, -0.1) is 22.7 Å². The number of allylic oxidation sites excluding steroid dienone is 3. The van der Waals surface area contributed by atoms with E-state index in [1.807, 2.05) is 18.4 Å². The molecule has 6 nitrogen and oxygen atoms in total. The van der Waals surface area contributed by atoms with Crippen LogP contribution in [0.15, 0.2) is 68.3 Å². The Morgan fingerprint density at radius 2 is 2.10 bits per heavy atom. The van der Waals surface area contributed by atoms with Crippen molar-refractivity contribution in [3.05, 3.63) is 89.9 Å². The third kappa shape index (κ3) is 4.79. The molecule has 3 rings (SSSR count). The van der Waals surface area contributed by atoms with Gasteiger partial charge in [-0.2, -0.15) is 0 Å². The van der Waals surface area contributed by atoms with Crippen molar-refractivity contribution in [2.45, 2.75) is 6.92 Å². The van der Waals surface area contributed by atoms with Crippen LogP contribution in [-0.4, -0.2) is 22.9 Å². The van der Waals surface area contributed by atoms with Crippen molar-refractivity contribution in [2.75, 3.05) is 7.11 Å². The molecule has 1 N–H and O–H groups in total. The van der Waals surface area contributed by atoms with Gasteiger partial charge in [0.05, 0.1) is 12.6 Å². The van der Waals surface area contributed by atoms with Crippen LogP contribution in [0.5, 0.6) is 0 Å². The third-order valence-electron chi connectivity index (χ3n) is 3.99. The fraction of sp³-hybridized carbons (Fsp3) is 0.0952. The summed E-state index contributed by atoms with van der Waals surface area (Å²) in [5.41, 5.74) is 1.11. The van der Waals surface area contributed by atoms with E-state index in [1.165, 1.54) is 30.8 Å². The van der Waals surface area contributed by atoms with Crippen molar-refractivity contribution in [3.63, 3.8) is 0 Å². The van der Waals surface area contributed by atoms with E-state index >= 15 is 0 Å². The fourth-order valence-corrected chi connectivity index (χ4v) is 4.61. The van der Waals surface area contributed by atoms with Crippen LogP contribution in [0.2, 0.25) is 0 Å². The van der Waals surface area contributed by atoms with Crippen LogP contribution in [0.1, 0.15) is 15.3 Å². The van der Waals surface area contributed by atoms with Crippen LogP contribution in [-0.2, 0) is 4.74 Å². The summed E-state index contributed by atoms with van der Waals surface area (Å²) >= 11 is 8.86. The van der Waals surface area contributed by atoms with Crippen molar-refractivity contribution < 1.29 is 4.74 Å². The second kappa shape index (κ2) is 9.25. The molecule has 0 aliphatic heterocycles. The quantitative estimate of drug-likeness (QED) is 0.308. The number of fused-ring (bicyclic) bond motifs is 1. The smallest absolute Gasteiger partial charge is 0.333 e. The van der Waals surface area contributed by atoms with Crippen molar-refractivity contribution in [2.24, 2.45) is 4.99 Å². The molecule has 0 amide bonds. The minimum absolute atomic E-state index is 0.264. The van der Waals surface area contributed by atoms with Crippen LogP contribution < -0.4 is 11.2 Å². The number of hydrogen-bond acceptors (Lipinski definition) is 6. The lowest BCUT2D eigenvalue weighted by Crippen LogP contribution is -2.30. The number of nitrogens with zero attached hydrogens (tertiary/aromatic N) is 2. The predicted molar refractivity (Wildman–Crippen MR) is 128 cm³/mol. The lowest BCUT2D eigenvalue weighted by atomic mass is 10.2. The lowest BCUT2D eigenvalue weighted by molar-refractivity contribution is 0.309. The molecule has 0 radical (unpaired) electrons. The number of hydrogen-bond donors (Lipinski definition) is 1. The Labute approximate surface area is 185 Å². The van der Waals surface area contributed by atoms with Crippen LogP contribution >= 0.6 is 34.3 Å². The monoisotopic (exact) mass is 459 g/mol. The average Bonchev–Trinajstić information content (AvgIpc) is 3.30. The number of aliphatic imine (C=N–C) groups is 1. The zero-order chi connectivity index (χ0) is 21.8. The first-order chi connectivity index (χ1) is 14.3. The van der Waals surface area contributed by atoms with Gasteiger partial charge >= 0.3 is 5.69 Å². The Hall–Kier alpha value is -2.94. The Morgan fingerprint density at radius 3 is 2.73 bits per heavy atom. The minimum Gasteiger partial charge on any atom is -0.497 e. The molecule has 9 heteroatoms. The molecule has 0 fully saturated rings. The highest BCUT2D eigenvalue weighted by atomic mass is 35.5. The number of aryl methyl sites for hydroxylation is 1. The molecule has 0 spiro atoms. The summed E-state index contributed by atoms with van der Waals surface area (Å²) in [6.45, 7) is 9.49. The van der Waals surface area contributed by atoms with Crippen LogP contribution in [0.25, 0.3) is 22.0 Å². The second-order valence-electron chi connectivity index (χ2n) is 6.19. The van der Waals surface area contributed by atoms with Crippen molar-refractivity contribution in [1.82, 2.24) is 9.55 Å². The van der Waals surface area contributed by atoms with Gasteiger partial charge in [-0.25, -0.2) is 9.36 Å². The fourth-order valence-electron chi connectivity index (χ4n) is 2.53. The number of H-pyrrole nitrogens is 1. The molecular weight excluding hydrogens is 442 g/mol. The van der Waals surface area contributed by atoms with Gasteiger partial charge in [-0.1, -0.05) is 24.8 Å². The summed E-state index contributed by atoms with van der Waals surface area (Å²) in [4.78, 5) is 33.7. The van der Waals surface area contributed by atoms with Crippen molar-refractivity contribution in [3.8, 4) is 0 Å². The molecule has 3 heterocycles. The summed E-state index contributed by atoms with van der Waals surface area (Å²) in [6.07, 6.45) is 6.03. The first-order valence-electron chi connectivity index (χ1n) is 8.63. The normalized spacial score (nSPS) is 12.3. The van der Waals surface area contributed by atoms with Gasteiger partial charge in [0, 0.05) is 39.0 Å². The van der Waals surface area contributed by atoms with Gasteiger partial charge in [0.1, 0.15) is 10.5 Å². The molecule has 30 heavy (non-hydrogen) atoms. The number of aromatic nitrogens is 2. The van der Waals surface area contributed by atoms with Gasteiger partial charge in [-0.05, 0) is 36.1 Å². The molecule has 0 saturated heterocycles. The highest BCUT2D eigenvalue weighted by Crippen LogP contribution is 2.33. The number of aromatic amines is 1. The number of halogens is 1. The predicted octanol–water partition coefficient (Wildman–Crippen LogP) is 4.96. The zero-order valence-corrected chi connectivity index (χ0v) is 18.7. The van der Waals surface area contributed by atoms with Crippen LogP contribution in [0.3, 0.4) is 0 Å². The minimum atomic E-state index is -0.563. The summed E-state index contributed by atoms with van der Waals surface area (Å²) in [5.74, 6) is 0.386. The van der Waals surface area contributed by atoms with E-state index < -0.39 is 11.2 Å². The van der Waals surface area contributed by atoms with E-state index in [4.69, 9.17) is 16.3 Å². The summed E-state index contributed by atoms with van der Waals surface area (Å²) < 4.78 is 6.42. The van der Waals surface area contributed by atoms with Crippen LogP contribution in [0, 0.1) is 6.92 Å². The highest BCUT2D eigenvalue weighted by Gasteiger charge is 2.14. The second-order valence-corrected chi connectivity index (χ2v) is 8.65. The van der Waals surface area contributed by atoms with Gasteiger partial charge in [0.2, 0.25) is 0 Å². The number of rotatable bonds is 7. The average molecular weight is 460 g/mol. The Bertz CT molecular complexity index is 1340. The SMILES string of the molecule is C=C(/C=C(\C(=C)Cl)c1cc2[nH]c(=O)n(/C=C/N=Cc3cc(C)cs3)c(=O)c2s1)OC. The molecule has 0 aromatic carbocycles. The largest absolute Gasteiger partial charge is 0.497 e. The highest BCUT2D eigenvalue weighted by molar-refractivity contribution is 7.20. The van der Waals surface area contributed by atoms with Gasteiger partial charge < -0.3 is 9.72 Å². The molecular formula is C21H18ClN3O3S2. The van der Waals surface area contributed by atoms with E-state index in [1.54, 1.807) is 29.7 Å². The maximum absolute atomic E-state index is 12.8. The Balaban J connectivity index is 1.99. The van der Waals surface area contributed by atoms with Gasteiger partial charge in [-0.3, -0.25) is 9.79 Å². The van der Waals surface area contributed by atoms with Crippen molar-refractivity contribution >= 4 is 62.5 Å². The van der Waals surface area contributed by atoms with E-state index in [-0.39, 0.29) is 5.03 Å². The van der Waals surface area contributed by atoms with E-state index in [2.05, 4.69) is 23.1 Å². The Kier molecular flexibility index (Phi) is 6.71. The maximum Gasteiger partial charge on any atom is 0.333 e. The molecule has 0 aliphatic rings. The number of methoxy groups -OCH3 is 1. The number of ether oxygens (including phenoxy) is 1.